The summed E-state index contributed by atoms with van der Waals surface area (Å²) in [6.07, 6.45) is 0.623. The van der Waals surface area contributed by atoms with Crippen LogP contribution in [-0.4, -0.2) is 36.4 Å². The number of ether oxygens (including phenoxy) is 1. The topological polar surface area (TPSA) is 49.8 Å². The highest BCUT2D eigenvalue weighted by molar-refractivity contribution is 5.76. The lowest BCUT2D eigenvalue weighted by molar-refractivity contribution is -0.153. The fourth-order valence-corrected chi connectivity index (χ4v) is 1.73. The standard InChI is InChI=1S/C15H23NO3/c1-15(2,3)19-14(18)12-16(10-7-11-17)13-8-5-4-6-9-13/h4-6,8-9,17H,7,10-12H2,1-3H3. The number of para-hydroxylation sites is 1. The van der Waals surface area contributed by atoms with Crippen LogP contribution in [0.1, 0.15) is 27.2 Å². The third kappa shape index (κ3) is 6.25. The van der Waals surface area contributed by atoms with Crippen LogP contribution >= 0.6 is 0 Å². The molecule has 0 unspecified atom stereocenters. The molecule has 106 valence electrons. The van der Waals surface area contributed by atoms with Crippen molar-refractivity contribution < 1.29 is 14.6 Å². The van der Waals surface area contributed by atoms with Crippen LogP contribution in [-0.2, 0) is 9.53 Å². The van der Waals surface area contributed by atoms with Crippen molar-refractivity contribution in [3.8, 4) is 0 Å². The average Bonchev–Trinajstić information content (AvgIpc) is 2.33. The number of aliphatic hydroxyl groups excluding tert-OH is 1. The lowest BCUT2D eigenvalue weighted by Crippen LogP contribution is -2.35. The first-order valence-electron chi connectivity index (χ1n) is 6.55. The van der Waals surface area contributed by atoms with Gasteiger partial charge in [-0.25, -0.2) is 0 Å². The van der Waals surface area contributed by atoms with Gasteiger partial charge in [0.05, 0.1) is 0 Å². The highest BCUT2D eigenvalue weighted by Gasteiger charge is 2.19. The van der Waals surface area contributed by atoms with Gasteiger partial charge in [-0.3, -0.25) is 4.79 Å². The molecule has 1 rings (SSSR count). The number of rotatable bonds is 6. The van der Waals surface area contributed by atoms with Crippen molar-refractivity contribution in [1.82, 2.24) is 0 Å². The van der Waals surface area contributed by atoms with Gasteiger partial charge in [-0.1, -0.05) is 18.2 Å². The molecule has 4 nitrogen and oxygen atoms in total. The molecule has 0 bridgehead atoms. The number of anilines is 1. The molecule has 0 aromatic heterocycles. The molecule has 0 saturated carbocycles. The van der Waals surface area contributed by atoms with Gasteiger partial charge in [0, 0.05) is 18.8 Å². The van der Waals surface area contributed by atoms with Crippen LogP contribution in [0.2, 0.25) is 0 Å². The normalized spacial score (nSPS) is 11.2. The molecule has 0 heterocycles. The summed E-state index contributed by atoms with van der Waals surface area (Å²) in [5, 5.41) is 8.94. The van der Waals surface area contributed by atoms with Crippen LogP contribution in [0.5, 0.6) is 0 Å². The second-order valence-corrected chi connectivity index (χ2v) is 5.42. The van der Waals surface area contributed by atoms with E-state index in [9.17, 15) is 4.79 Å². The van der Waals surface area contributed by atoms with Crippen molar-refractivity contribution in [3.63, 3.8) is 0 Å². The molecule has 1 aromatic rings. The largest absolute Gasteiger partial charge is 0.459 e. The predicted molar refractivity (Wildman–Crippen MR) is 76.2 cm³/mol. The second kappa shape index (κ2) is 7.14. The minimum absolute atomic E-state index is 0.109. The van der Waals surface area contributed by atoms with Gasteiger partial charge in [-0.2, -0.15) is 0 Å². The van der Waals surface area contributed by atoms with Crippen LogP contribution in [0.3, 0.4) is 0 Å². The molecule has 0 radical (unpaired) electrons. The fraction of sp³-hybridized carbons (Fsp3) is 0.533. The quantitative estimate of drug-likeness (QED) is 0.801. The third-order valence-corrected chi connectivity index (χ3v) is 2.45. The van der Waals surface area contributed by atoms with Crippen molar-refractivity contribution in [2.24, 2.45) is 0 Å². The van der Waals surface area contributed by atoms with Crippen LogP contribution in [0, 0.1) is 0 Å². The zero-order valence-corrected chi connectivity index (χ0v) is 11.9. The van der Waals surface area contributed by atoms with Gasteiger partial charge in [0.2, 0.25) is 0 Å². The first-order chi connectivity index (χ1) is 8.92. The molecule has 19 heavy (non-hydrogen) atoms. The summed E-state index contributed by atoms with van der Waals surface area (Å²) in [7, 11) is 0. The third-order valence-electron chi connectivity index (χ3n) is 2.45. The molecule has 0 fully saturated rings. The van der Waals surface area contributed by atoms with Crippen LogP contribution in [0.25, 0.3) is 0 Å². The van der Waals surface area contributed by atoms with Gasteiger partial charge in [-0.05, 0) is 39.3 Å². The smallest absolute Gasteiger partial charge is 0.326 e. The van der Waals surface area contributed by atoms with Gasteiger partial charge in [0.15, 0.2) is 0 Å². The summed E-state index contributed by atoms with van der Waals surface area (Å²) in [5.74, 6) is -0.255. The number of carbonyl (C=O) groups excluding carboxylic acids is 1. The highest BCUT2D eigenvalue weighted by Crippen LogP contribution is 2.15. The summed E-state index contributed by atoms with van der Waals surface area (Å²) in [6, 6.07) is 9.68. The molecule has 0 aliphatic rings. The summed E-state index contributed by atoms with van der Waals surface area (Å²) in [4.78, 5) is 13.8. The fourth-order valence-electron chi connectivity index (χ4n) is 1.73. The Kier molecular flexibility index (Phi) is 5.83. The van der Waals surface area contributed by atoms with E-state index in [1.807, 2.05) is 56.0 Å². The number of hydrogen-bond acceptors (Lipinski definition) is 4. The summed E-state index contributed by atoms with van der Waals surface area (Å²) in [6.45, 7) is 6.49. The van der Waals surface area contributed by atoms with E-state index in [-0.39, 0.29) is 19.1 Å². The number of nitrogens with zero attached hydrogens (tertiary/aromatic N) is 1. The summed E-state index contributed by atoms with van der Waals surface area (Å²) >= 11 is 0. The molecule has 0 saturated heterocycles. The minimum Gasteiger partial charge on any atom is -0.459 e. The Bertz CT molecular complexity index is 384. The highest BCUT2D eigenvalue weighted by atomic mass is 16.6. The van der Waals surface area contributed by atoms with Crippen LogP contribution in [0.15, 0.2) is 30.3 Å². The molecule has 4 heteroatoms. The van der Waals surface area contributed by atoms with E-state index < -0.39 is 5.60 Å². The molecular formula is C15H23NO3. The van der Waals surface area contributed by atoms with Gasteiger partial charge >= 0.3 is 5.97 Å². The number of aliphatic hydroxyl groups is 1. The first-order valence-corrected chi connectivity index (χ1v) is 6.55. The summed E-state index contributed by atoms with van der Waals surface area (Å²) < 4.78 is 5.33. The van der Waals surface area contributed by atoms with Gasteiger partial charge in [0.25, 0.3) is 0 Å². The predicted octanol–water partition coefficient (Wildman–Crippen LogP) is 2.22. The number of hydrogen-bond donors (Lipinski definition) is 1. The maximum absolute atomic E-state index is 11.9. The molecule has 0 spiro atoms. The van der Waals surface area contributed by atoms with E-state index in [4.69, 9.17) is 9.84 Å². The Morgan fingerprint density at radius 1 is 1.26 bits per heavy atom. The SMILES string of the molecule is CC(C)(C)OC(=O)CN(CCCO)c1ccccc1. The van der Waals surface area contributed by atoms with Crippen molar-refractivity contribution in [3.05, 3.63) is 30.3 Å². The monoisotopic (exact) mass is 265 g/mol. The zero-order chi connectivity index (χ0) is 14.3. The minimum atomic E-state index is -0.476. The van der Waals surface area contributed by atoms with E-state index >= 15 is 0 Å². The van der Waals surface area contributed by atoms with Crippen molar-refractivity contribution in [2.75, 3.05) is 24.6 Å². The van der Waals surface area contributed by atoms with Gasteiger partial charge in [0.1, 0.15) is 12.1 Å². The average molecular weight is 265 g/mol. The molecule has 0 aliphatic carbocycles. The number of carbonyl (C=O) groups is 1. The Hall–Kier alpha value is -1.55. The lowest BCUT2D eigenvalue weighted by Gasteiger charge is -2.26. The molecule has 1 aromatic carbocycles. The first kappa shape index (κ1) is 15.5. The van der Waals surface area contributed by atoms with E-state index in [2.05, 4.69) is 0 Å². The zero-order valence-electron chi connectivity index (χ0n) is 11.9. The van der Waals surface area contributed by atoms with Crippen LogP contribution in [0.4, 0.5) is 5.69 Å². The van der Waals surface area contributed by atoms with E-state index in [1.54, 1.807) is 0 Å². The molecular weight excluding hydrogens is 242 g/mol. The van der Waals surface area contributed by atoms with Crippen molar-refractivity contribution >= 4 is 11.7 Å². The Balaban J connectivity index is 2.67. The molecule has 0 amide bonds. The van der Waals surface area contributed by atoms with E-state index in [1.165, 1.54) is 0 Å². The Morgan fingerprint density at radius 3 is 2.42 bits per heavy atom. The number of benzene rings is 1. The van der Waals surface area contributed by atoms with E-state index in [0.717, 1.165) is 5.69 Å². The molecule has 1 N–H and O–H groups in total. The van der Waals surface area contributed by atoms with Gasteiger partial charge in [-0.15, -0.1) is 0 Å². The van der Waals surface area contributed by atoms with Crippen molar-refractivity contribution in [1.29, 1.82) is 0 Å². The molecule has 0 aliphatic heterocycles. The molecule has 0 atom stereocenters. The Morgan fingerprint density at radius 2 is 1.89 bits per heavy atom. The summed E-state index contributed by atoms with van der Waals surface area (Å²) in [5.41, 5.74) is 0.484. The maximum atomic E-state index is 11.9. The Labute approximate surface area is 115 Å². The van der Waals surface area contributed by atoms with E-state index in [0.29, 0.717) is 13.0 Å². The van der Waals surface area contributed by atoms with Crippen LogP contribution < -0.4 is 4.90 Å². The van der Waals surface area contributed by atoms with Crippen molar-refractivity contribution in [2.45, 2.75) is 32.8 Å². The van der Waals surface area contributed by atoms with Gasteiger partial charge < -0.3 is 14.7 Å². The maximum Gasteiger partial charge on any atom is 0.326 e. The lowest BCUT2D eigenvalue weighted by atomic mass is 10.2. The second-order valence-electron chi connectivity index (χ2n) is 5.42. The number of esters is 1.